The van der Waals surface area contributed by atoms with Crippen molar-refractivity contribution in [3.63, 3.8) is 0 Å². The van der Waals surface area contributed by atoms with Crippen LogP contribution in [0.25, 0.3) is 0 Å². The Morgan fingerprint density at radius 1 is 1.33 bits per heavy atom. The highest BCUT2D eigenvalue weighted by molar-refractivity contribution is 5.36. The quantitative estimate of drug-likeness (QED) is 0.480. The third-order valence-electron chi connectivity index (χ3n) is 2.80. The van der Waals surface area contributed by atoms with Gasteiger partial charge in [-0.15, -0.1) is 0 Å². The minimum atomic E-state index is 0.394. The fourth-order valence-electron chi connectivity index (χ4n) is 1.88. The molecule has 0 heterocycles. The predicted octanol–water partition coefficient (Wildman–Crippen LogP) is 0.970. The van der Waals surface area contributed by atoms with Crippen LogP contribution in [0.2, 0.25) is 0 Å². The lowest BCUT2D eigenvalue weighted by atomic mass is 10.1. The molecule has 0 aliphatic heterocycles. The van der Waals surface area contributed by atoms with Crippen molar-refractivity contribution in [1.29, 1.82) is 0 Å². The minimum Gasteiger partial charge on any atom is -0.467 e. The highest BCUT2D eigenvalue weighted by Crippen LogP contribution is 2.04. The summed E-state index contributed by atoms with van der Waals surface area (Å²) in [6.07, 6.45) is 2.11. The molecule has 18 heavy (non-hydrogen) atoms. The Morgan fingerprint density at radius 2 is 2.11 bits per heavy atom. The number of hydrogen-bond acceptors (Lipinski definition) is 4. The van der Waals surface area contributed by atoms with Gasteiger partial charge in [-0.3, -0.25) is 4.79 Å². The fourth-order valence-corrected chi connectivity index (χ4v) is 1.88. The molecule has 0 amide bonds. The van der Waals surface area contributed by atoms with E-state index in [4.69, 9.17) is 0 Å². The maximum atomic E-state index is 10.0. The lowest BCUT2D eigenvalue weighted by Crippen LogP contribution is -2.39. The van der Waals surface area contributed by atoms with E-state index in [2.05, 4.69) is 39.6 Å². The van der Waals surface area contributed by atoms with E-state index in [1.165, 1.54) is 5.56 Å². The molecule has 0 fully saturated rings. The van der Waals surface area contributed by atoms with E-state index in [-0.39, 0.29) is 0 Å². The molecule has 0 aromatic heterocycles. The molecule has 1 aromatic rings. The van der Waals surface area contributed by atoms with E-state index in [0.717, 1.165) is 19.4 Å². The molecule has 100 valence electrons. The minimum absolute atomic E-state index is 0.394. The third-order valence-corrected chi connectivity index (χ3v) is 2.80. The molecule has 4 heteroatoms. The number of carbonyl (C=O) groups is 1. The highest BCUT2D eigenvalue weighted by atomic mass is 16.5. The second-order valence-electron chi connectivity index (χ2n) is 4.20. The first-order chi connectivity index (χ1) is 8.86. The lowest BCUT2D eigenvalue weighted by molar-refractivity contribution is -0.128. The van der Waals surface area contributed by atoms with Gasteiger partial charge >= 0.3 is 0 Å². The summed E-state index contributed by atoms with van der Waals surface area (Å²) in [5.41, 5.74) is 1.35. The van der Waals surface area contributed by atoms with Crippen LogP contribution in [0.15, 0.2) is 30.3 Å². The fraction of sp³-hybridized carbons (Fsp3) is 0.500. The van der Waals surface area contributed by atoms with Gasteiger partial charge < -0.3 is 15.4 Å². The van der Waals surface area contributed by atoms with Crippen LogP contribution in [0.5, 0.6) is 0 Å². The van der Waals surface area contributed by atoms with Gasteiger partial charge in [0.1, 0.15) is 6.61 Å². The van der Waals surface area contributed by atoms with Crippen LogP contribution in [0.4, 0.5) is 0 Å². The van der Waals surface area contributed by atoms with Gasteiger partial charge in [-0.25, -0.2) is 0 Å². The second kappa shape index (κ2) is 9.62. The van der Waals surface area contributed by atoms with E-state index in [9.17, 15) is 4.79 Å². The smallest absolute Gasteiger partial charge is 0.293 e. The normalized spacial score (nSPS) is 12.1. The first-order valence-electron chi connectivity index (χ1n) is 6.34. The Hall–Kier alpha value is -1.39. The Bertz CT molecular complexity index is 317. The maximum Gasteiger partial charge on any atom is 0.293 e. The molecule has 2 N–H and O–H groups in total. The van der Waals surface area contributed by atoms with Gasteiger partial charge in [0.25, 0.3) is 6.47 Å². The Balaban J connectivity index is 2.26. The van der Waals surface area contributed by atoms with Crippen molar-refractivity contribution in [3.8, 4) is 0 Å². The maximum absolute atomic E-state index is 10.0. The van der Waals surface area contributed by atoms with Crippen LogP contribution >= 0.6 is 0 Å². The van der Waals surface area contributed by atoms with E-state index < -0.39 is 0 Å². The molecule has 0 aliphatic rings. The molecule has 0 unspecified atom stereocenters. The second-order valence-corrected chi connectivity index (χ2v) is 4.20. The Kier molecular flexibility index (Phi) is 7.84. The zero-order valence-corrected chi connectivity index (χ0v) is 10.9. The molecule has 0 aliphatic carbocycles. The average molecular weight is 250 g/mol. The van der Waals surface area contributed by atoms with Gasteiger partial charge in [0.2, 0.25) is 0 Å². The molecule has 1 rings (SSSR count). The van der Waals surface area contributed by atoms with Gasteiger partial charge in [0, 0.05) is 19.1 Å². The number of hydrogen-bond donors (Lipinski definition) is 2. The Morgan fingerprint density at radius 3 is 2.78 bits per heavy atom. The molecule has 1 atom stereocenters. The summed E-state index contributed by atoms with van der Waals surface area (Å²) in [6.45, 7) is 2.52. The van der Waals surface area contributed by atoms with Crippen molar-refractivity contribution in [2.75, 3.05) is 26.7 Å². The van der Waals surface area contributed by atoms with Crippen molar-refractivity contribution >= 4 is 6.47 Å². The third kappa shape index (κ3) is 6.37. The molecular weight excluding hydrogens is 228 g/mol. The van der Waals surface area contributed by atoms with Crippen LogP contribution in [-0.2, 0) is 16.0 Å². The van der Waals surface area contributed by atoms with E-state index in [1.54, 1.807) is 0 Å². The molecule has 1 aromatic carbocycles. The van der Waals surface area contributed by atoms with Gasteiger partial charge in [-0.1, -0.05) is 30.3 Å². The molecule has 0 saturated heterocycles. The first-order valence-corrected chi connectivity index (χ1v) is 6.34. The van der Waals surface area contributed by atoms with Crippen LogP contribution in [0, 0.1) is 0 Å². The highest BCUT2D eigenvalue weighted by Gasteiger charge is 2.06. The number of benzene rings is 1. The molecule has 4 nitrogen and oxygen atoms in total. The van der Waals surface area contributed by atoms with Crippen LogP contribution in [0.3, 0.4) is 0 Å². The molecule has 0 bridgehead atoms. The Labute approximate surface area is 109 Å². The summed E-state index contributed by atoms with van der Waals surface area (Å²) in [7, 11) is 1.94. The summed E-state index contributed by atoms with van der Waals surface area (Å²) in [5.74, 6) is 0. The van der Waals surface area contributed by atoms with Crippen LogP contribution in [0.1, 0.15) is 12.0 Å². The zero-order valence-electron chi connectivity index (χ0n) is 10.9. The lowest BCUT2D eigenvalue weighted by Gasteiger charge is -2.18. The summed E-state index contributed by atoms with van der Waals surface area (Å²) in [6, 6.07) is 10.8. The topological polar surface area (TPSA) is 50.4 Å². The summed E-state index contributed by atoms with van der Waals surface area (Å²) < 4.78 is 4.66. The van der Waals surface area contributed by atoms with Crippen molar-refractivity contribution < 1.29 is 9.53 Å². The number of rotatable bonds is 10. The van der Waals surface area contributed by atoms with E-state index >= 15 is 0 Å². The summed E-state index contributed by atoms with van der Waals surface area (Å²) in [4.78, 5) is 10.0. The zero-order chi connectivity index (χ0) is 13.1. The van der Waals surface area contributed by atoms with Crippen LogP contribution < -0.4 is 10.6 Å². The predicted molar refractivity (Wildman–Crippen MR) is 72.5 cm³/mol. The number of aryl methyl sites for hydroxylation is 1. The van der Waals surface area contributed by atoms with Crippen molar-refractivity contribution in [1.82, 2.24) is 10.6 Å². The van der Waals surface area contributed by atoms with Gasteiger partial charge in [-0.2, -0.15) is 0 Å². The standard InChI is InChI=1S/C14H22N2O2/c1-15-11-14(16-9-10-18-12-17)8-7-13-5-3-2-4-6-13/h2-6,12,14-16H,7-11H2,1H3/t14-/m0/s1. The number of carbonyl (C=O) groups excluding carboxylic acids is 1. The number of ether oxygens (including phenoxy) is 1. The molecular formula is C14H22N2O2. The van der Waals surface area contributed by atoms with Gasteiger partial charge in [0.05, 0.1) is 0 Å². The van der Waals surface area contributed by atoms with Crippen molar-refractivity contribution in [3.05, 3.63) is 35.9 Å². The largest absolute Gasteiger partial charge is 0.467 e. The molecule has 0 spiro atoms. The van der Waals surface area contributed by atoms with Crippen LogP contribution in [-0.4, -0.2) is 39.3 Å². The monoisotopic (exact) mass is 250 g/mol. The van der Waals surface area contributed by atoms with Gasteiger partial charge in [-0.05, 0) is 25.5 Å². The van der Waals surface area contributed by atoms with E-state index in [1.807, 2.05) is 13.1 Å². The first kappa shape index (κ1) is 14.7. The summed E-state index contributed by atoms with van der Waals surface area (Å²) >= 11 is 0. The molecule has 0 radical (unpaired) electrons. The summed E-state index contributed by atoms with van der Waals surface area (Å²) in [5, 5.41) is 6.55. The average Bonchev–Trinajstić information content (AvgIpc) is 2.42. The van der Waals surface area contributed by atoms with Gasteiger partial charge in [0.15, 0.2) is 0 Å². The number of nitrogens with one attached hydrogen (secondary N) is 2. The van der Waals surface area contributed by atoms with Crippen molar-refractivity contribution in [2.45, 2.75) is 18.9 Å². The number of likely N-dealkylation sites (N-methyl/N-ethyl adjacent to an activating group) is 1. The van der Waals surface area contributed by atoms with E-state index in [0.29, 0.717) is 25.7 Å². The molecule has 0 saturated carbocycles. The van der Waals surface area contributed by atoms with Crippen molar-refractivity contribution in [2.24, 2.45) is 0 Å². The SMILES string of the molecule is CNC[C@H](CCc1ccccc1)NCCOC=O.